The third-order valence-electron chi connectivity index (χ3n) is 3.40. The molecule has 0 bridgehead atoms. The van der Waals surface area contributed by atoms with Crippen LogP contribution in [0.25, 0.3) is 11.0 Å². The van der Waals surface area contributed by atoms with Crippen LogP contribution in [0, 0.1) is 0 Å². The predicted molar refractivity (Wildman–Crippen MR) is 72.0 cm³/mol. The summed E-state index contributed by atoms with van der Waals surface area (Å²) in [6.45, 7) is 0.522. The Morgan fingerprint density at radius 2 is 2.05 bits per heavy atom. The van der Waals surface area contributed by atoms with E-state index in [4.69, 9.17) is 0 Å². The quantitative estimate of drug-likeness (QED) is 0.849. The fraction of sp³-hybridized carbons (Fsp3) is 0.333. The van der Waals surface area contributed by atoms with E-state index in [0.717, 1.165) is 16.7 Å². The van der Waals surface area contributed by atoms with Crippen molar-refractivity contribution in [1.82, 2.24) is 14.5 Å². The molecule has 3 rings (SSSR count). The van der Waals surface area contributed by atoms with Gasteiger partial charge in [-0.05, 0) is 12.1 Å². The normalized spacial score (nSPS) is 19.1. The van der Waals surface area contributed by atoms with Crippen molar-refractivity contribution < 1.29 is 18.3 Å². The topological polar surface area (TPSA) is 92.5 Å². The number of nitrogens with zero attached hydrogens (tertiary/aromatic N) is 3. The second kappa shape index (κ2) is 4.20. The predicted octanol–water partition coefficient (Wildman–Crippen LogP) is 1.07. The largest absolute Gasteiger partial charge is 0.465 e. The van der Waals surface area contributed by atoms with Crippen molar-refractivity contribution in [2.45, 2.75) is 11.9 Å². The second-order valence-corrected chi connectivity index (χ2v) is 6.87. The number of carboxylic acid groups (broad SMARTS) is 1. The van der Waals surface area contributed by atoms with Crippen LogP contribution in [0.5, 0.6) is 0 Å². The molecule has 7 nitrogen and oxygen atoms in total. The zero-order chi connectivity index (χ0) is 14.5. The number of benzene rings is 1. The molecule has 1 N–H and O–H groups in total. The van der Waals surface area contributed by atoms with Crippen molar-refractivity contribution in [2.24, 2.45) is 0 Å². The summed E-state index contributed by atoms with van der Waals surface area (Å²) >= 11 is 0. The van der Waals surface area contributed by atoms with Gasteiger partial charge in [-0.25, -0.2) is 18.2 Å². The van der Waals surface area contributed by atoms with Gasteiger partial charge in [0, 0.05) is 19.3 Å². The van der Waals surface area contributed by atoms with E-state index in [2.05, 4.69) is 4.98 Å². The first-order valence-corrected chi connectivity index (χ1v) is 7.98. The molecule has 1 atom stereocenters. The highest BCUT2D eigenvalue weighted by atomic mass is 32.2. The Balaban J connectivity index is 2.27. The van der Waals surface area contributed by atoms with Crippen molar-refractivity contribution in [3.63, 3.8) is 0 Å². The van der Waals surface area contributed by atoms with Gasteiger partial charge >= 0.3 is 6.09 Å². The van der Waals surface area contributed by atoms with Crippen LogP contribution >= 0.6 is 0 Å². The van der Waals surface area contributed by atoms with Gasteiger partial charge in [-0.15, -0.1) is 0 Å². The number of hydrogen-bond acceptors (Lipinski definition) is 4. The molecule has 1 aliphatic rings. The summed E-state index contributed by atoms with van der Waals surface area (Å²) in [6, 6.07) is 7.29. The Hall–Kier alpha value is -2.09. The number of aromatic nitrogens is 2. The zero-order valence-electron chi connectivity index (χ0n) is 10.7. The number of fused-ring (bicyclic) bond motifs is 3. The molecule has 2 aromatic rings. The van der Waals surface area contributed by atoms with Crippen molar-refractivity contribution >= 4 is 27.0 Å². The third-order valence-corrected chi connectivity index (χ3v) is 4.68. The zero-order valence-corrected chi connectivity index (χ0v) is 11.5. The lowest BCUT2D eigenvalue weighted by molar-refractivity contribution is 0.127. The third kappa shape index (κ3) is 1.83. The molecular formula is C12H13N3O4S. The summed E-state index contributed by atoms with van der Waals surface area (Å²) < 4.78 is 25.7. The average Bonchev–Trinajstić information content (AvgIpc) is 2.74. The van der Waals surface area contributed by atoms with Gasteiger partial charge < -0.3 is 9.67 Å². The van der Waals surface area contributed by atoms with Crippen LogP contribution in [0.2, 0.25) is 0 Å². The Bertz CT molecular complexity index is 796. The summed E-state index contributed by atoms with van der Waals surface area (Å²) in [6.07, 6.45) is -0.221. The van der Waals surface area contributed by atoms with E-state index in [-0.39, 0.29) is 12.4 Å². The molecule has 8 heteroatoms. The first-order valence-electron chi connectivity index (χ1n) is 6.03. The molecule has 0 fully saturated rings. The SMILES string of the molecule is CS(=O)(=O)C1c2nc3ccccc3n2CCN1C(=O)O. The van der Waals surface area contributed by atoms with E-state index in [1.807, 2.05) is 18.2 Å². The summed E-state index contributed by atoms with van der Waals surface area (Å²) in [5.41, 5.74) is 1.49. The van der Waals surface area contributed by atoms with Gasteiger partial charge in [-0.1, -0.05) is 12.1 Å². The highest BCUT2D eigenvalue weighted by Gasteiger charge is 2.40. The molecule has 0 saturated heterocycles. The molecular weight excluding hydrogens is 282 g/mol. The number of carbonyl (C=O) groups is 1. The van der Waals surface area contributed by atoms with Gasteiger partial charge in [0.25, 0.3) is 0 Å². The minimum atomic E-state index is -3.62. The first-order chi connectivity index (χ1) is 9.39. The smallest absolute Gasteiger partial charge is 0.408 e. The maximum Gasteiger partial charge on any atom is 0.408 e. The number of rotatable bonds is 1. The van der Waals surface area contributed by atoms with Gasteiger partial charge in [-0.2, -0.15) is 0 Å². The van der Waals surface area contributed by atoms with Crippen molar-refractivity contribution in [1.29, 1.82) is 0 Å². The van der Waals surface area contributed by atoms with Crippen LogP contribution < -0.4 is 0 Å². The molecule has 1 aliphatic heterocycles. The number of imidazole rings is 1. The molecule has 106 valence electrons. The second-order valence-electron chi connectivity index (χ2n) is 4.77. The van der Waals surface area contributed by atoms with Crippen molar-refractivity contribution in [2.75, 3.05) is 12.8 Å². The Morgan fingerprint density at radius 3 is 2.70 bits per heavy atom. The summed E-state index contributed by atoms with van der Waals surface area (Å²) in [5.74, 6) is 0.266. The summed E-state index contributed by atoms with van der Waals surface area (Å²) in [4.78, 5) is 16.5. The van der Waals surface area contributed by atoms with Crippen molar-refractivity contribution in [3.8, 4) is 0 Å². The van der Waals surface area contributed by atoms with Crippen LogP contribution in [0.4, 0.5) is 4.79 Å². The van der Waals surface area contributed by atoms with E-state index >= 15 is 0 Å². The molecule has 1 amide bonds. The summed E-state index contributed by atoms with van der Waals surface area (Å²) in [5, 5.41) is 7.95. The monoisotopic (exact) mass is 295 g/mol. The Labute approximate surface area is 115 Å². The minimum Gasteiger partial charge on any atom is -0.465 e. The van der Waals surface area contributed by atoms with Crippen LogP contribution in [0.1, 0.15) is 11.2 Å². The van der Waals surface area contributed by atoms with Gasteiger partial charge in [0.15, 0.2) is 15.2 Å². The van der Waals surface area contributed by atoms with Gasteiger partial charge in [0.2, 0.25) is 0 Å². The van der Waals surface area contributed by atoms with Gasteiger partial charge in [0.05, 0.1) is 11.0 Å². The Morgan fingerprint density at radius 1 is 1.35 bits per heavy atom. The van der Waals surface area contributed by atoms with Gasteiger partial charge in [-0.3, -0.25) is 4.90 Å². The van der Waals surface area contributed by atoms with Crippen LogP contribution in [-0.2, 0) is 16.4 Å². The van der Waals surface area contributed by atoms with E-state index in [9.17, 15) is 18.3 Å². The van der Waals surface area contributed by atoms with Crippen LogP contribution in [-0.4, -0.2) is 46.9 Å². The molecule has 20 heavy (non-hydrogen) atoms. The lowest BCUT2D eigenvalue weighted by atomic mass is 10.3. The fourth-order valence-electron chi connectivity index (χ4n) is 2.60. The maximum atomic E-state index is 12.0. The van der Waals surface area contributed by atoms with E-state index < -0.39 is 21.3 Å². The molecule has 2 heterocycles. The Kier molecular flexibility index (Phi) is 2.72. The molecule has 0 radical (unpaired) electrons. The first kappa shape index (κ1) is 12.9. The molecule has 1 aromatic carbocycles. The highest BCUT2D eigenvalue weighted by molar-refractivity contribution is 7.90. The molecule has 0 aliphatic carbocycles. The fourth-order valence-corrected chi connectivity index (χ4v) is 3.82. The maximum absolute atomic E-state index is 12.0. The van der Waals surface area contributed by atoms with Crippen molar-refractivity contribution in [3.05, 3.63) is 30.1 Å². The standard InChI is InChI=1S/C12H13N3O4S/c1-20(18,19)11-10-13-8-4-2-3-5-9(8)14(10)6-7-15(11)12(16)17/h2-5,11H,6-7H2,1H3,(H,16,17). The number of para-hydroxylation sites is 2. The number of hydrogen-bond donors (Lipinski definition) is 1. The molecule has 1 aromatic heterocycles. The number of sulfone groups is 1. The van der Waals surface area contributed by atoms with Gasteiger partial charge in [0.1, 0.15) is 5.82 Å². The summed E-state index contributed by atoms with van der Waals surface area (Å²) in [7, 11) is -3.62. The molecule has 1 unspecified atom stereocenters. The molecule has 0 saturated carbocycles. The molecule has 0 spiro atoms. The average molecular weight is 295 g/mol. The number of amides is 1. The van der Waals surface area contributed by atoms with E-state index in [1.54, 1.807) is 10.6 Å². The van der Waals surface area contributed by atoms with E-state index in [0.29, 0.717) is 12.1 Å². The van der Waals surface area contributed by atoms with Crippen LogP contribution in [0.3, 0.4) is 0 Å². The highest BCUT2D eigenvalue weighted by Crippen LogP contribution is 2.32. The lowest BCUT2D eigenvalue weighted by Crippen LogP contribution is -2.44. The minimum absolute atomic E-state index is 0.125. The lowest BCUT2D eigenvalue weighted by Gasteiger charge is -2.32. The van der Waals surface area contributed by atoms with E-state index in [1.165, 1.54) is 0 Å². The van der Waals surface area contributed by atoms with Crippen LogP contribution in [0.15, 0.2) is 24.3 Å².